The number of aromatic nitrogens is 2. The summed E-state index contributed by atoms with van der Waals surface area (Å²) in [6.07, 6.45) is 0.998. The Hall–Kier alpha value is -1.13. The molecule has 2 rings (SSSR count). The Labute approximate surface area is 153 Å². The van der Waals surface area contributed by atoms with E-state index in [1.165, 1.54) is 6.07 Å². The molecule has 0 fully saturated rings. The zero-order valence-electron chi connectivity index (χ0n) is 13.0. The van der Waals surface area contributed by atoms with Crippen LogP contribution >= 0.6 is 34.2 Å². The average molecular weight is 468 g/mol. The monoisotopic (exact) mass is 467 g/mol. The summed E-state index contributed by atoms with van der Waals surface area (Å²) in [5.74, 6) is -0.638. The fourth-order valence-corrected chi connectivity index (χ4v) is 3.86. The van der Waals surface area contributed by atoms with E-state index < -0.39 is 15.9 Å². The van der Waals surface area contributed by atoms with Gasteiger partial charge >= 0.3 is 0 Å². The Balaban J connectivity index is 2.65. The first-order valence-corrected chi connectivity index (χ1v) is 9.84. The van der Waals surface area contributed by atoms with Crippen LogP contribution in [-0.4, -0.2) is 30.4 Å². The van der Waals surface area contributed by atoms with Crippen molar-refractivity contribution in [3.8, 4) is 0 Å². The quantitative estimate of drug-likeness (QED) is 0.651. The second-order valence-electron chi connectivity index (χ2n) is 5.10. The van der Waals surface area contributed by atoms with Gasteiger partial charge in [0.2, 0.25) is 10.0 Å². The van der Waals surface area contributed by atoms with Gasteiger partial charge in [0.1, 0.15) is 5.69 Å². The molecule has 6 nitrogen and oxygen atoms in total. The number of amides is 1. The van der Waals surface area contributed by atoms with Gasteiger partial charge in [-0.1, -0.05) is 11.6 Å². The highest BCUT2D eigenvalue weighted by Gasteiger charge is 2.31. The molecule has 2 aromatic rings. The number of rotatable bonds is 3. The summed E-state index contributed by atoms with van der Waals surface area (Å²) in [5, 5.41) is 4.69. The molecule has 1 heterocycles. The van der Waals surface area contributed by atoms with E-state index in [0.717, 1.165) is 10.6 Å². The SMILES string of the molecule is Cc1nn(C)c(C)c1N(C(=O)c1ccc(Cl)c(I)c1)S(C)(=O)=O. The van der Waals surface area contributed by atoms with Crippen LogP contribution in [0.4, 0.5) is 5.69 Å². The molecule has 124 valence electrons. The molecule has 0 radical (unpaired) electrons. The van der Waals surface area contributed by atoms with Crippen molar-refractivity contribution in [3.05, 3.63) is 43.7 Å². The van der Waals surface area contributed by atoms with Crippen LogP contribution in [0.1, 0.15) is 21.7 Å². The lowest BCUT2D eigenvalue weighted by Gasteiger charge is -2.21. The number of sulfonamides is 1. The topological polar surface area (TPSA) is 72.3 Å². The van der Waals surface area contributed by atoms with E-state index in [2.05, 4.69) is 5.10 Å². The number of benzene rings is 1. The highest BCUT2D eigenvalue weighted by Crippen LogP contribution is 2.29. The van der Waals surface area contributed by atoms with E-state index in [9.17, 15) is 13.2 Å². The summed E-state index contributed by atoms with van der Waals surface area (Å²) in [7, 11) is -2.13. The summed E-state index contributed by atoms with van der Waals surface area (Å²) in [5.41, 5.74) is 1.58. The molecule has 0 aliphatic rings. The first-order valence-electron chi connectivity index (χ1n) is 6.54. The van der Waals surface area contributed by atoms with Crippen molar-refractivity contribution >= 4 is 55.8 Å². The van der Waals surface area contributed by atoms with Gasteiger partial charge in [-0.3, -0.25) is 9.48 Å². The minimum Gasteiger partial charge on any atom is -0.270 e. The van der Waals surface area contributed by atoms with E-state index in [-0.39, 0.29) is 11.3 Å². The third-order valence-electron chi connectivity index (χ3n) is 3.36. The van der Waals surface area contributed by atoms with Gasteiger partial charge in [0.05, 0.1) is 22.7 Å². The zero-order chi connectivity index (χ0) is 17.5. The maximum Gasteiger partial charge on any atom is 0.272 e. The van der Waals surface area contributed by atoms with Gasteiger partial charge < -0.3 is 0 Å². The second kappa shape index (κ2) is 6.40. The minimum atomic E-state index is -3.82. The molecule has 0 saturated carbocycles. The first-order chi connectivity index (χ1) is 10.5. The molecule has 0 aliphatic heterocycles. The molecular weight excluding hydrogens is 453 g/mol. The number of hydrogen-bond acceptors (Lipinski definition) is 4. The maximum absolute atomic E-state index is 12.8. The zero-order valence-corrected chi connectivity index (χ0v) is 16.7. The third-order valence-corrected chi connectivity index (χ3v) is 5.91. The third kappa shape index (κ3) is 3.53. The number of carbonyl (C=O) groups is 1. The molecule has 1 aromatic carbocycles. The first kappa shape index (κ1) is 18.2. The standard InChI is InChI=1S/C14H15ClIN3O3S/c1-8-13(9(2)18(3)17-8)19(23(4,21)22)14(20)10-5-6-11(15)12(16)7-10/h5-7H,1-4H3. The number of anilines is 1. The molecule has 0 bridgehead atoms. The number of aryl methyl sites for hydroxylation is 2. The Bertz CT molecular complexity index is 893. The van der Waals surface area contributed by atoms with Gasteiger partial charge in [-0.25, -0.2) is 8.42 Å². The summed E-state index contributed by atoms with van der Waals surface area (Å²) in [4.78, 5) is 12.8. The van der Waals surface area contributed by atoms with E-state index in [1.54, 1.807) is 37.7 Å². The lowest BCUT2D eigenvalue weighted by Crippen LogP contribution is -2.37. The van der Waals surface area contributed by atoms with Crippen LogP contribution in [0, 0.1) is 17.4 Å². The van der Waals surface area contributed by atoms with Crippen molar-refractivity contribution in [3.63, 3.8) is 0 Å². The predicted molar refractivity (Wildman–Crippen MR) is 98.5 cm³/mol. The van der Waals surface area contributed by atoms with Crippen LogP contribution in [0.5, 0.6) is 0 Å². The lowest BCUT2D eigenvalue weighted by atomic mass is 10.2. The van der Waals surface area contributed by atoms with Crippen molar-refractivity contribution in [2.24, 2.45) is 7.05 Å². The highest BCUT2D eigenvalue weighted by molar-refractivity contribution is 14.1. The fourth-order valence-electron chi connectivity index (χ4n) is 2.22. The molecule has 0 N–H and O–H groups in total. The molecule has 1 amide bonds. The molecule has 1 aromatic heterocycles. The molecule has 0 unspecified atom stereocenters. The summed E-state index contributed by atoms with van der Waals surface area (Å²) >= 11 is 7.95. The number of halogens is 2. The molecule has 0 spiro atoms. The van der Waals surface area contributed by atoms with Crippen molar-refractivity contribution < 1.29 is 13.2 Å². The molecular formula is C14H15ClIN3O3S. The molecule has 0 saturated heterocycles. The van der Waals surface area contributed by atoms with E-state index in [0.29, 0.717) is 20.0 Å². The molecule has 9 heteroatoms. The lowest BCUT2D eigenvalue weighted by molar-refractivity contribution is 0.100. The number of nitrogens with zero attached hydrogens (tertiary/aromatic N) is 3. The van der Waals surface area contributed by atoms with Crippen molar-refractivity contribution in [2.75, 3.05) is 10.6 Å². The normalized spacial score (nSPS) is 11.6. The highest BCUT2D eigenvalue weighted by atomic mass is 127. The van der Waals surface area contributed by atoms with Gasteiger partial charge in [0.15, 0.2) is 0 Å². The Morgan fingerprint density at radius 1 is 1.35 bits per heavy atom. The van der Waals surface area contributed by atoms with E-state index in [4.69, 9.17) is 11.6 Å². The fraction of sp³-hybridized carbons (Fsp3) is 0.286. The molecule has 0 aliphatic carbocycles. The van der Waals surface area contributed by atoms with E-state index in [1.807, 2.05) is 22.6 Å². The summed E-state index contributed by atoms with van der Waals surface area (Å²) in [6, 6.07) is 4.64. The van der Waals surface area contributed by atoms with Crippen molar-refractivity contribution in [2.45, 2.75) is 13.8 Å². The van der Waals surface area contributed by atoms with Gasteiger partial charge in [0.25, 0.3) is 5.91 Å². The van der Waals surface area contributed by atoms with Crippen LogP contribution in [0.25, 0.3) is 0 Å². The largest absolute Gasteiger partial charge is 0.272 e. The number of hydrogen-bond donors (Lipinski definition) is 0. The Morgan fingerprint density at radius 3 is 2.39 bits per heavy atom. The van der Waals surface area contributed by atoms with Crippen molar-refractivity contribution in [1.82, 2.24) is 9.78 Å². The van der Waals surface area contributed by atoms with Crippen LogP contribution in [0.3, 0.4) is 0 Å². The van der Waals surface area contributed by atoms with Crippen LogP contribution in [-0.2, 0) is 17.1 Å². The summed E-state index contributed by atoms with van der Waals surface area (Å²) in [6.45, 7) is 3.38. The second-order valence-corrected chi connectivity index (χ2v) is 8.51. The van der Waals surface area contributed by atoms with Gasteiger partial charge in [-0.2, -0.15) is 9.40 Å². The minimum absolute atomic E-state index is 0.242. The maximum atomic E-state index is 12.8. The van der Waals surface area contributed by atoms with Crippen molar-refractivity contribution in [1.29, 1.82) is 0 Å². The molecule has 23 heavy (non-hydrogen) atoms. The number of carbonyl (C=O) groups excluding carboxylic acids is 1. The van der Waals surface area contributed by atoms with Gasteiger partial charge in [-0.15, -0.1) is 0 Å². The smallest absolute Gasteiger partial charge is 0.270 e. The van der Waals surface area contributed by atoms with Crippen LogP contribution in [0.2, 0.25) is 5.02 Å². The summed E-state index contributed by atoms with van der Waals surface area (Å²) < 4.78 is 27.5. The van der Waals surface area contributed by atoms with Crippen LogP contribution < -0.4 is 4.31 Å². The van der Waals surface area contributed by atoms with Gasteiger partial charge in [0, 0.05) is 16.2 Å². The van der Waals surface area contributed by atoms with Crippen LogP contribution in [0.15, 0.2) is 18.2 Å². The Morgan fingerprint density at radius 2 is 1.96 bits per heavy atom. The predicted octanol–water partition coefficient (Wildman–Crippen LogP) is 2.90. The van der Waals surface area contributed by atoms with Gasteiger partial charge in [-0.05, 0) is 54.6 Å². The Kier molecular flexibility index (Phi) is 5.07. The molecule has 0 atom stereocenters. The van der Waals surface area contributed by atoms with E-state index >= 15 is 0 Å². The average Bonchev–Trinajstić information content (AvgIpc) is 2.67.